The molecule has 0 aromatic carbocycles. The Kier molecular flexibility index (Phi) is 4.47. The Labute approximate surface area is 139 Å². The number of aliphatic hydroxyl groups excluding tert-OH is 1. The predicted molar refractivity (Wildman–Crippen MR) is 91.7 cm³/mol. The Bertz CT molecular complexity index is 718. The summed E-state index contributed by atoms with van der Waals surface area (Å²) in [5, 5.41) is 10.6. The minimum absolute atomic E-state index is 0.0711. The molecule has 0 spiro atoms. The van der Waals surface area contributed by atoms with Crippen molar-refractivity contribution in [2.24, 2.45) is 5.41 Å². The van der Waals surface area contributed by atoms with Gasteiger partial charge in [-0.15, -0.1) is 0 Å². The molecule has 3 rings (SSSR count). The molecule has 1 saturated carbocycles. The van der Waals surface area contributed by atoms with E-state index in [1.165, 1.54) is 25.7 Å². The van der Waals surface area contributed by atoms with Crippen molar-refractivity contribution in [3.05, 3.63) is 28.6 Å². The summed E-state index contributed by atoms with van der Waals surface area (Å²) in [6.45, 7) is 6.17. The van der Waals surface area contributed by atoms with Gasteiger partial charge in [0.1, 0.15) is 0 Å². The van der Waals surface area contributed by atoms with Crippen molar-refractivity contribution in [3.63, 3.8) is 0 Å². The molecule has 1 fully saturated rings. The maximum atomic E-state index is 10.6. The number of hydrogen-bond acceptors (Lipinski definition) is 2. The van der Waals surface area contributed by atoms with Crippen LogP contribution in [0.3, 0.4) is 0 Å². The maximum absolute atomic E-state index is 10.6. The SMILES string of the molecule is CC#CC#Cc1[c]c(C2CCCC2)nc2c1[C@@H](O)CC(C)(C)C2. The fourth-order valence-electron chi connectivity index (χ4n) is 3.87. The van der Waals surface area contributed by atoms with Gasteiger partial charge in [0.15, 0.2) is 0 Å². The van der Waals surface area contributed by atoms with E-state index in [9.17, 15) is 5.11 Å². The van der Waals surface area contributed by atoms with E-state index in [2.05, 4.69) is 43.6 Å². The van der Waals surface area contributed by atoms with Crippen LogP contribution >= 0.6 is 0 Å². The molecule has 1 aromatic rings. The first-order valence-corrected chi connectivity index (χ1v) is 8.57. The van der Waals surface area contributed by atoms with Crippen LogP contribution in [0.1, 0.15) is 87.4 Å². The van der Waals surface area contributed by atoms with E-state index in [1.54, 1.807) is 6.92 Å². The van der Waals surface area contributed by atoms with Crippen LogP contribution in [0.2, 0.25) is 0 Å². The van der Waals surface area contributed by atoms with Crippen molar-refractivity contribution in [1.29, 1.82) is 0 Å². The highest BCUT2D eigenvalue weighted by Gasteiger charge is 2.34. The van der Waals surface area contributed by atoms with Crippen LogP contribution in [-0.2, 0) is 6.42 Å². The lowest BCUT2D eigenvalue weighted by Gasteiger charge is -2.35. The topological polar surface area (TPSA) is 33.1 Å². The molecule has 1 atom stereocenters. The average Bonchev–Trinajstić information content (AvgIpc) is 2.99. The molecule has 0 saturated heterocycles. The van der Waals surface area contributed by atoms with Gasteiger partial charge in [-0.3, -0.25) is 4.98 Å². The zero-order valence-electron chi connectivity index (χ0n) is 14.3. The van der Waals surface area contributed by atoms with Crippen LogP contribution in [0, 0.1) is 35.2 Å². The van der Waals surface area contributed by atoms with Crippen LogP contribution < -0.4 is 0 Å². The molecule has 0 bridgehead atoms. The van der Waals surface area contributed by atoms with E-state index in [-0.39, 0.29) is 5.41 Å². The summed E-state index contributed by atoms with van der Waals surface area (Å²) in [4.78, 5) is 4.91. The van der Waals surface area contributed by atoms with E-state index in [4.69, 9.17) is 4.98 Å². The molecule has 23 heavy (non-hydrogen) atoms. The largest absolute Gasteiger partial charge is 0.388 e. The zero-order valence-corrected chi connectivity index (χ0v) is 14.3. The lowest BCUT2D eigenvalue weighted by Crippen LogP contribution is -2.28. The van der Waals surface area contributed by atoms with Crippen molar-refractivity contribution in [2.75, 3.05) is 0 Å². The van der Waals surface area contributed by atoms with E-state index in [0.29, 0.717) is 5.92 Å². The monoisotopic (exact) mass is 306 g/mol. The van der Waals surface area contributed by atoms with Crippen molar-refractivity contribution < 1.29 is 5.11 Å². The number of fused-ring (bicyclic) bond motifs is 1. The molecule has 0 amide bonds. The molecule has 1 N–H and O–H groups in total. The van der Waals surface area contributed by atoms with Gasteiger partial charge in [0.25, 0.3) is 0 Å². The summed E-state index contributed by atoms with van der Waals surface area (Å²) in [5.74, 6) is 12.1. The van der Waals surface area contributed by atoms with E-state index in [1.807, 2.05) is 0 Å². The zero-order chi connectivity index (χ0) is 16.4. The van der Waals surface area contributed by atoms with Crippen molar-refractivity contribution in [1.82, 2.24) is 4.98 Å². The van der Waals surface area contributed by atoms with Crippen LogP contribution in [0.5, 0.6) is 0 Å². The molecule has 1 heterocycles. The smallest absolute Gasteiger partial charge is 0.0825 e. The Balaban J connectivity index is 2.10. The van der Waals surface area contributed by atoms with Gasteiger partial charge in [0.2, 0.25) is 0 Å². The summed E-state index contributed by atoms with van der Waals surface area (Å²) in [6.07, 6.45) is 6.05. The molecular weight excluding hydrogens is 282 g/mol. The van der Waals surface area contributed by atoms with Gasteiger partial charge in [-0.2, -0.15) is 0 Å². The van der Waals surface area contributed by atoms with E-state index < -0.39 is 6.10 Å². The molecule has 2 heteroatoms. The van der Waals surface area contributed by atoms with Gasteiger partial charge in [-0.1, -0.05) is 38.5 Å². The Morgan fingerprint density at radius 1 is 1.22 bits per heavy atom. The van der Waals surface area contributed by atoms with Crippen LogP contribution in [0.15, 0.2) is 0 Å². The first-order chi connectivity index (χ1) is 11.0. The van der Waals surface area contributed by atoms with Crippen LogP contribution in [0.4, 0.5) is 0 Å². The van der Waals surface area contributed by atoms with Crippen LogP contribution in [0.25, 0.3) is 0 Å². The van der Waals surface area contributed by atoms with Gasteiger partial charge in [-0.05, 0) is 49.9 Å². The number of aliphatic hydroxyl groups is 1. The summed E-state index contributed by atoms with van der Waals surface area (Å²) >= 11 is 0. The molecule has 2 aliphatic rings. The highest BCUT2D eigenvalue weighted by atomic mass is 16.3. The Morgan fingerprint density at radius 3 is 2.65 bits per heavy atom. The summed E-state index contributed by atoms with van der Waals surface area (Å²) in [5.41, 5.74) is 3.82. The second-order valence-electron chi connectivity index (χ2n) is 7.52. The molecule has 1 radical (unpaired) electrons. The fraction of sp³-hybridized carbons (Fsp3) is 0.571. The molecule has 1 aromatic heterocycles. The molecule has 119 valence electrons. The second kappa shape index (κ2) is 6.38. The first kappa shape index (κ1) is 16.1. The normalized spacial score (nSPS) is 22.5. The molecule has 0 aliphatic heterocycles. The van der Waals surface area contributed by atoms with Gasteiger partial charge in [0.05, 0.1) is 11.8 Å². The third kappa shape index (κ3) is 3.44. The maximum Gasteiger partial charge on any atom is 0.0825 e. The third-order valence-electron chi connectivity index (χ3n) is 4.93. The minimum Gasteiger partial charge on any atom is -0.388 e. The highest BCUT2D eigenvalue weighted by Crippen LogP contribution is 2.42. The minimum atomic E-state index is -0.506. The lowest BCUT2D eigenvalue weighted by molar-refractivity contribution is 0.0977. The van der Waals surface area contributed by atoms with Gasteiger partial charge >= 0.3 is 0 Å². The first-order valence-electron chi connectivity index (χ1n) is 8.57. The standard InChI is InChI=1S/C21H24NO/c1-4-5-6-11-16-12-17(15-9-7-8-10-15)22-18-13-21(2,3)14-19(23)20(16)18/h15,19,23H,7-10,13-14H2,1-3H3/t19-/m0/s1. The van der Waals surface area contributed by atoms with Gasteiger partial charge in [0, 0.05) is 28.8 Å². The molecule has 2 aliphatic carbocycles. The predicted octanol–water partition coefficient (Wildman–Crippen LogP) is 3.92. The number of hydrogen-bond donors (Lipinski definition) is 1. The fourth-order valence-corrected chi connectivity index (χ4v) is 3.87. The second-order valence-corrected chi connectivity index (χ2v) is 7.52. The van der Waals surface area contributed by atoms with E-state index >= 15 is 0 Å². The molecule has 0 unspecified atom stereocenters. The van der Waals surface area contributed by atoms with E-state index in [0.717, 1.165) is 35.4 Å². The van der Waals surface area contributed by atoms with Crippen molar-refractivity contribution >= 4 is 0 Å². The molecular formula is C21H24NO. The number of aromatic nitrogens is 1. The number of pyridine rings is 1. The summed E-state index contributed by atoms with van der Waals surface area (Å²) in [6, 6.07) is 3.42. The number of rotatable bonds is 1. The van der Waals surface area contributed by atoms with Crippen LogP contribution in [-0.4, -0.2) is 10.1 Å². The van der Waals surface area contributed by atoms with Gasteiger partial charge in [-0.25, -0.2) is 0 Å². The summed E-state index contributed by atoms with van der Waals surface area (Å²) < 4.78 is 0. The quantitative estimate of drug-likeness (QED) is 0.798. The number of nitrogens with zero attached hydrogens (tertiary/aromatic N) is 1. The van der Waals surface area contributed by atoms with Crippen molar-refractivity contribution in [3.8, 4) is 23.7 Å². The molecule has 2 nitrogen and oxygen atoms in total. The lowest BCUT2D eigenvalue weighted by atomic mass is 9.73. The van der Waals surface area contributed by atoms with Gasteiger partial charge < -0.3 is 5.11 Å². The Hall–Kier alpha value is -1.77. The summed E-state index contributed by atoms with van der Waals surface area (Å²) in [7, 11) is 0. The average molecular weight is 306 g/mol. The third-order valence-corrected chi connectivity index (χ3v) is 4.93. The Morgan fingerprint density at radius 2 is 1.96 bits per heavy atom. The van der Waals surface area contributed by atoms with Crippen molar-refractivity contribution in [2.45, 2.75) is 71.3 Å². The highest BCUT2D eigenvalue weighted by molar-refractivity contribution is 5.49.